The van der Waals surface area contributed by atoms with E-state index in [-0.39, 0.29) is 17.7 Å². The second-order valence-corrected chi connectivity index (χ2v) is 7.05. The maximum Gasteiger partial charge on any atom is 0.416 e. The van der Waals surface area contributed by atoms with Gasteiger partial charge < -0.3 is 10.1 Å². The van der Waals surface area contributed by atoms with Gasteiger partial charge in [0.1, 0.15) is 5.82 Å². The van der Waals surface area contributed by atoms with Gasteiger partial charge in [-0.15, -0.1) is 0 Å². The van der Waals surface area contributed by atoms with Gasteiger partial charge in [0.15, 0.2) is 6.10 Å². The summed E-state index contributed by atoms with van der Waals surface area (Å²) in [6.45, 7) is 3.51. The van der Waals surface area contributed by atoms with Crippen molar-refractivity contribution in [3.8, 4) is 0 Å². The average Bonchev–Trinajstić information content (AvgIpc) is 2.73. The minimum atomic E-state index is -4.62. The molecule has 0 radical (unpaired) electrons. The Morgan fingerprint density at radius 3 is 2.41 bits per heavy atom. The molecule has 2 N–H and O–H groups in total. The fourth-order valence-corrected chi connectivity index (χ4v) is 2.62. The molecular weight excluding hydrogens is 432 g/mol. The molecular formula is C22H24F4N2O4. The summed E-state index contributed by atoms with van der Waals surface area (Å²) in [6.07, 6.45) is -4.32. The van der Waals surface area contributed by atoms with Gasteiger partial charge in [-0.3, -0.25) is 14.4 Å². The van der Waals surface area contributed by atoms with E-state index in [1.54, 1.807) is 0 Å². The van der Waals surface area contributed by atoms with Crippen LogP contribution in [-0.2, 0) is 20.5 Å². The first-order valence-electron chi connectivity index (χ1n) is 9.89. The summed E-state index contributed by atoms with van der Waals surface area (Å²) < 4.78 is 57.5. The first kappa shape index (κ1) is 25.3. The standard InChI is InChI=1S/C22H24F4N2O4/c1-3-4-9-31-13-19(21(30)27-18-7-5-17(23)6-8-18)32-28-20(29)15-10-14(2)11-16(12-15)22(24,25)26/h5-8,10-12,19H,3-4,9,13H2,1-2H3,(H,27,30)(H,28,29)/t19-/m1/s1. The third-order valence-electron chi connectivity index (χ3n) is 4.28. The fourth-order valence-electron chi connectivity index (χ4n) is 2.62. The molecule has 0 unspecified atom stereocenters. The first-order chi connectivity index (χ1) is 15.1. The second kappa shape index (κ2) is 11.6. The van der Waals surface area contributed by atoms with Crippen molar-refractivity contribution in [3.63, 3.8) is 0 Å². The van der Waals surface area contributed by atoms with Crippen molar-refractivity contribution >= 4 is 17.5 Å². The summed E-state index contributed by atoms with van der Waals surface area (Å²) in [5, 5.41) is 2.50. The molecule has 6 nitrogen and oxygen atoms in total. The third-order valence-corrected chi connectivity index (χ3v) is 4.28. The van der Waals surface area contributed by atoms with Crippen molar-refractivity contribution in [2.24, 2.45) is 0 Å². The van der Waals surface area contributed by atoms with Gasteiger partial charge in [-0.1, -0.05) is 13.3 Å². The molecule has 0 saturated heterocycles. The van der Waals surface area contributed by atoms with Gasteiger partial charge >= 0.3 is 6.18 Å². The molecule has 10 heteroatoms. The number of nitrogens with one attached hydrogen (secondary N) is 2. The van der Waals surface area contributed by atoms with E-state index in [1.165, 1.54) is 25.1 Å². The lowest BCUT2D eigenvalue weighted by molar-refractivity contribution is -0.137. The Hall–Kier alpha value is -2.98. The Kier molecular flexibility index (Phi) is 9.15. The summed E-state index contributed by atoms with van der Waals surface area (Å²) in [7, 11) is 0. The van der Waals surface area contributed by atoms with Crippen LogP contribution in [0.3, 0.4) is 0 Å². The SMILES string of the molecule is CCCCOC[C@@H](ONC(=O)c1cc(C)cc(C(F)(F)F)c1)C(=O)Nc1ccc(F)cc1. The predicted molar refractivity (Wildman–Crippen MR) is 109 cm³/mol. The fraction of sp³-hybridized carbons (Fsp3) is 0.364. The summed E-state index contributed by atoms with van der Waals surface area (Å²) in [4.78, 5) is 30.1. The van der Waals surface area contributed by atoms with Crippen LogP contribution in [0.4, 0.5) is 23.2 Å². The van der Waals surface area contributed by atoms with Gasteiger partial charge in [0, 0.05) is 17.9 Å². The lowest BCUT2D eigenvalue weighted by Gasteiger charge is -2.18. The molecule has 174 valence electrons. The van der Waals surface area contributed by atoms with Crippen molar-refractivity contribution in [1.29, 1.82) is 0 Å². The Labute approximate surface area is 182 Å². The number of amides is 2. The molecule has 0 aliphatic carbocycles. The zero-order valence-electron chi connectivity index (χ0n) is 17.6. The number of unbranched alkanes of at least 4 members (excludes halogenated alkanes) is 1. The molecule has 0 aromatic heterocycles. The normalized spacial score (nSPS) is 12.3. The van der Waals surface area contributed by atoms with Gasteiger partial charge in [0.25, 0.3) is 11.8 Å². The number of rotatable bonds is 10. The number of anilines is 1. The van der Waals surface area contributed by atoms with Crippen LogP contribution in [0.5, 0.6) is 0 Å². The van der Waals surface area contributed by atoms with Crippen LogP contribution in [0.25, 0.3) is 0 Å². The van der Waals surface area contributed by atoms with Gasteiger partial charge in [-0.05, 0) is 61.4 Å². The van der Waals surface area contributed by atoms with E-state index in [9.17, 15) is 27.2 Å². The van der Waals surface area contributed by atoms with E-state index in [1.807, 2.05) is 12.4 Å². The zero-order chi connectivity index (χ0) is 23.7. The van der Waals surface area contributed by atoms with Gasteiger partial charge in [-0.2, -0.15) is 13.2 Å². The van der Waals surface area contributed by atoms with E-state index in [0.29, 0.717) is 18.4 Å². The second-order valence-electron chi connectivity index (χ2n) is 7.05. The van der Waals surface area contributed by atoms with Crippen molar-refractivity contribution in [2.75, 3.05) is 18.5 Å². The number of aryl methyl sites for hydroxylation is 1. The number of carbonyl (C=O) groups is 2. The number of hydroxylamine groups is 1. The van der Waals surface area contributed by atoms with Gasteiger partial charge in [0.05, 0.1) is 12.2 Å². The minimum absolute atomic E-state index is 0.213. The van der Waals surface area contributed by atoms with Crippen LogP contribution < -0.4 is 10.8 Å². The molecule has 0 fully saturated rings. The predicted octanol–water partition coefficient (Wildman–Crippen LogP) is 4.64. The molecule has 0 aliphatic rings. The number of benzene rings is 2. The quantitative estimate of drug-likeness (QED) is 0.310. The molecule has 0 spiro atoms. The number of halogens is 4. The summed E-state index contributed by atoms with van der Waals surface area (Å²) in [5.74, 6) is -2.12. The van der Waals surface area contributed by atoms with Crippen molar-refractivity contribution in [2.45, 2.75) is 39.0 Å². The zero-order valence-corrected chi connectivity index (χ0v) is 17.6. The van der Waals surface area contributed by atoms with Gasteiger partial charge in [-0.25, -0.2) is 9.87 Å². The maximum absolute atomic E-state index is 13.0. The Balaban J connectivity index is 2.08. The lowest BCUT2D eigenvalue weighted by atomic mass is 10.1. The highest BCUT2D eigenvalue weighted by atomic mass is 19.4. The molecule has 0 aliphatic heterocycles. The topological polar surface area (TPSA) is 76.7 Å². The smallest absolute Gasteiger partial charge is 0.378 e. The summed E-state index contributed by atoms with van der Waals surface area (Å²) in [5.41, 5.74) is 1.29. The third kappa shape index (κ3) is 7.93. The van der Waals surface area contributed by atoms with Crippen LogP contribution in [0.2, 0.25) is 0 Å². The molecule has 0 saturated carbocycles. The maximum atomic E-state index is 13.0. The van der Waals surface area contributed by atoms with E-state index < -0.39 is 35.5 Å². The largest absolute Gasteiger partial charge is 0.416 e. The highest BCUT2D eigenvalue weighted by molar-refractivity contribution is 5.96. The number of hydrogen-bond donors (Lipinski definition) is 2. The summed E-state index contributed by atoms with van der Waals surface area (Å²) in [6, 6.07) is 7.86. The van der Waals surface area contributed by atoms with E-state index in [2.05, 4.69) is 5.32 Å². The van der Waals surface area contributed by atoms with E-state index in [4.69, 9.17) is 9.57 Å². The van der Waals surface area contributed by atoms with Crippen molar-refractivity contribution in [1.82, 2.24) is 5.48 Å². The van der Waals surface area contributed by atoms with Crippen LogP contribution >= 0.6 is 0 Å². The Bertz CT molecular complexity index is 917. The van der Waals surface area contributed by atoms with Crippen molar-refractivity contribution < 1.29 is 36.7 Å². The van der Waals surface area contributed by atoms with E-state index in [0.717, 1.165) is 31.0 Å². The Morgan fingerprint density at radius 1 is 1.09 bits per heavy atom. The molecule has 2 amide bonds. The highest BCUT2D eigenvalue weighted by Gasteiger charge is 2.31. The summed E-state index contributed by atoms with van der Waals surface area (Å²) >= 11 is 0. The molecule has 0 heterocycles. The highest BCUT2D eigenvalue weighted by Crippen LogP contribution is 2.30. The van der Waals surface area contributed by atoms with Crippen LogP contribution in [0.15, 0.2) is 42.5 Å². The monoisotopic (exact) mass is 456 g/mol. The molecule has 2 aromatic rings. The molecule has 0 bridgehead atoms. The number of carbonyl (C=O) groups excluding carboxylic acids is 2. The minimum Gasteiger partial charge on any atom is -0.378 e. The van der Waals surface area contributed by atoms with Gasteiger partial charge in [0.2, 0.25) is 0 Å². The molecule has 1 atom stereocenters. The van der Waals surface area contributed by atoms with E-state index >= 15 is 0 Å². The number of alkyl halides is 3. The number of ether oxygens (including phenoxy) is 1. The molecule has 32 heavy (non-hydrogen) atoms. The molecule has 2 aromatic carbocycles. The van der Waals surface area contributed by atoms with Crippen LogP contribution in [0.1, 0.15) is 41.3 Å². The molecule has 2 rings (SSSR count). The van der Waals surface area contributed by atoms with Crippen LogP contribution in [-0.4, -0.2) is 31.1 Å². The van der Waals surface area contributed by atoms with Crippen LogP contribution in [0, 0.1) is 12.7 Å². The lowest BCUT2D eigenvalue weighted by Crippen LogP contribution is -2.40. The average molecular weight is 456 g/mol. The Morgan fingerprint density at radius 2 is 1.78 bits per heavy atom. The number of hydrogen-bond acceptors (Lipinski definition) is 4. The van der Waals surface area contributed by atoms with Crippen molar-refractivity contribution in [3.05, 3.63) is 65.0 Å². The first-order valence-corrected chi connectivity index (χ1v) is 9.89.